The second-order valence-electron chi connectivity index (χ2n) is 6.07. The van der Waals surface area contributed by atoms with Crippen LogP contribution in [0.2, 0.25) is 5.02 Å². The lowest BCUT2D eigenvalue weighted by Gasteiger charge is -2.22. The quantitative estimate of drug-likeness (QED) is 0.778. The van der Waals surface area contributed by atoms with E-state index < -0.39 is 47.3 Å². The Balaban J connectivity index is 1.92. The van der Waals surface area contributed by atoms with Gasteiger partial charge in [-0.1, -0.05) is 30.9 Å². The Morgan fingerprint density at radius 3 is 2.54 bits per heavy atom. The average Bonchev–Trinajstić information content (AvgIpc) is 2.57. The molecule has 1 aliphatic rings. The summed E-state index contributed by atoms with van der Waals surface area (Å²) in [5.41, 5.74) is -2.12. The Morgan fingerprint density at radius 2 is 1.92 bits per heavy atom. The number of nitrogens with zero attached hydrogens (tertiary/aromatic N) is 1. The summed E-state index contributed by atoms with van der Waals surface area (Å²) >= 11 is 5.49. The molecule has 1 saturated carbocycles. The maximum atomic E-state index is 12.8. The molecule has 1 amide bonds. The molecule has 26 heavy (non-hydrogen) atoms. The van der Waals surface area contributed by atoms with Gasteiger partial charge in [-0.15, -0.1) is 0 Å². The lowest BCUT2D eigenvalue weighted by Crippen LogP contribution is -2.39. The third-order valence-electron chi connectivity index (χ3n) is 4.00. The van der Waals surface area contributed by atoms with E-state index in [1.807, 2.05) is 0 Å². The van der Waals surface area contributed by atoms with Crippen molar-refractivity contribution in [3.63, 3.8) is 0 Å². The van der Waals surface area contributed by atoms with Crippen LogP contribution in [0.25, 0.3) is 0 Å². The third kappa shape index (κ3) is 5.76. The molecule has 1 N–H and O–H groups in total. The molecule has 0 aromatic carbocycles. The largest absolute Gasteiger partial charge is 0.454 e. The van der Waals surface area contributed by atoms with Crippen LogP contribution in [-0.4, -0.2) is 29.1 Å². The van der Waals surface area contributed by atoms with E-state index >= 15 is 0 Å². The molecule has 1 aliphatic carbocycles. The second-order valence-corrected chi connectivity index (χ2v) is 6.48. The maximum absolute atomic E-state index is 12.8. The summed E-state index contributed by atoms with van der Waals surface area (Å²) in [4.78, 5) is 35.3. The Labute approximate surface area is 152 Å². The summed E-state index contributed by atoms with van der Waals surface area (Å²) in [7, 11) is 0. The van der Waals surface area contributed by atoms with Gasteiger partial charge in [-0.25, -0.2) is 0 Å². The molecule has 0 spiro atoms. The molecule has 0 saturated heterocycles. The number of ether oxygens (including phenoxy) is 1. The molecule has 1 fully saturated rings. The van der Waals surface area contributed by atoms with E-state index in [1.54, 1.807) is 0 Å². The summed E-state index contributed by atoms with van der Waals surface area (Å²) in [5, 5.41) is 2.07. The number of aromatic nitrogens is 1. The number of pyridine rings is 1. The Kier molecular flexibility index (Phi) is 6.69. The summed E-state index contributed by atoms with van der Waals surface area (Å²) in [6.07, 6.45) is 0.639. The summed E-state index contributed by atoms with van der Waals surface area (Å²) in [6, 6.07) is 0.531. The van der Waals surface area contributed by atoms with Crippen molar-refractivity contribution in [2.24, 2.45) is 0 Å². The molecule has 10 heteroatoms. The average molecular weight is 395 g/mol. The number of carbonyl (C=O) groups excluding carboxylic acids is 2. The topological polar surface area (TPSA) is 77.4 Å². The third-order valence-corrected chi connectivity index (χ3v) is 4.27. The molecule has 0 atom stereocenters. The molecule has 0 radical (unpaired) electrons. The van der Waals surface area contributed by atoms with Gasteiger partial charge in [-0.2, -0.15) is 13.2 Å². The predicted octanol–water partition coefficient (Wildman–Crippen LogP) is 2.51. The standard InChI is InChI=1S/C16H18ClF3N2O4/c17-12-6-10(16(18,19)20)7-22(15(12)25)8-14(24)26-9-13(23)21-11-4-2-1-3-5-11/h6-7,11H,1-5,8-9H2,(H,21,23). The number of nitrogens with one attached hydrogen (secondary N) is 1. The smallest absolute Gasteiger partial charge is 0.417 e. The van der Waals surface area contributed by atoms with E-state index in [1.165, 1.54) is 0 Å². The minimum absolute atomic E-state index is 0.0415. The molecule has 144 valence electrons. The number of hydrogen-bond acceptors (Lipinski definition) is 4. The lowest BCUT2D eigenvalue weighted by molar-refractivity contribution is -0.149. The van der Waals surface area contributed by atoms with Crippen molar-refractivity contribution in [1.82, 2.24) is 9.88 Å². The summed E-state index contributed by atoms with van der Waals surface area (Å²) in [5.74, 6) is -1.50. The SMILES string of the molecule is O=C(COC(=O)Cn1cc(C(F)(F)F)cc(Cl)c1=O)NC1CCCCC1. The molecule has 1 aromatic rings. The van der Waals surface area contributed by atoms with E-state index in [4.69, 9.17) is 16.3 Å². The van der Waals surface area contributed by atoms with E-state index in [0.29, 0.717) is 16.8 Å². The van der Waals surface area contributed by atoms with Gasteiger partial charge in [0.05, 0.1) is 5.56 Å². The highest BCUT2D eigenvalue weighted by atomic mass is 35.5. The first kappa shape index (κ1) is 20.3. The van der Waals surface area contributed by atoms with Crippen LogP contribution < -0.4 is 10.9 Å². The van der Waals surface area contributed by atoms with E-state index in [-0.39, 0.29) is 6.04 Å². The zero-order valence-electron chi connectivity index (χ0n) is 13.8. The first-order chi connectivity index (χ1) is 12.2. The molecule has 1 heterocycles. The lowest BCUT2D eigenvalue weighted by atomic mass is 9.95. The van der Waals surface area contributed by atoms with Crippen molar-refractivity contribution in [2.45, 2.75) is 50.9 Å². The molecular weight excluding hydrogens is 377 g/mol. The first-order valence-electron chi connectivity index (χ1n) is 8.09. The molecule has 6 nitrogen and oxygen atoms in total. The fourth-order valence-electron chi connectivity index (χ4n) is 2.72. The Morgan fingerprint density at radius 1 is 1.27 bits per heavy atom. The second kappa shape index (κ2) is 8.57. The van der Waals surface area contributed by atoms with Crippen LogP contribution in [0.4, 0.5) is 13.2 Å². The Hall–Kier alpha value is -2.03. The van der Waals surface area contributed by atoms with Gasteiger partial charge in [0.25, 0.3) is 11.5 Å². The minimum atomic E-state index is -4.72. The summed E-state index contributed by atoms with van der Waals surface area (Å²) in [6.45, 7) is -1.34. The Bertz CT molecular complexity index is 727. The summed E-state index contributed by atoms with van der Waals surface area (Å²) < 4.78 is 43.5. The number of esters is 1. The van der Waals surface area contributed by atoms with Gasteiger partial charge >= 0.3 is 12.1 Å². The number of hydrogen-bond donors (Lipinski definition) is 1. The zero-order valence-corrected chi connectivity index (χ0v) is 14.5. The highest BCUT2D eigenvalue weighted by Gasteiger charge is 2.32. The van der Waals surface area contributed by atoms with Crippen LogP contribution in [0.3, 0.4) is 0 Å². The fraction of sp³-hybridized carbons (Fsp3) is 0.562. The number of amides is 1. The molecule has 0 unspecified atom stereocenters. The number of carbonyl (C=O) groups is 2. The number of rotatable bonds is 5. The van der Waals surface area contributed by atoms with Crippen molar-refractivity contribution in [3.8, 4) is 0 Å². The monoisotopic (exact) mass is 394 g/mol. The zero-order chi connectivity index (χ0) is 19.3. The van der Waals surface area contributed by atoms with Gasteiger partial charge in [-0.05, 0) is 18.9 Å². The molecule has 2 rings (SSSR count). The van der Waals surface area contributed by atoms with Crippen LogP contribution in [-0.2, 0) is 27.0 Å². The van der Waals surface area contributed by atoms with Crippen LogP contribution >= 0.6 is 11.6 Å². The van der Waals surface area contributed by atoms with E-state index in [2.05, 4.69) is 5.32 Å². The van der Waals surface area contributed by atoms with E-state index in [9.17, 15) is 27.6 Å². The van der Waals surface area contributed by atoms with Crippen molar-refractivity contribution in [2.75, 3.05) is 6.61 Å². The van der Waals surface area contributed by atoms with E-state index in [0.717, 1.165) is 32.1 Å². The van der Waals surface area contributed by atoms with Crippen LogP contribution in [0.1, 0.15) is 37.7 Å². The predicted molar refractivity (Wildman–Crippen MR) is 86.7 cm³/mol. The minimum Gasteiger partial charge on any atom is -0.454 e. The highest BCUT2D eigenvalue weighted by Crippen LogP contribution is 2.29. The molecular formula is C16H18ClF3N2O4. The van der Waals surface area contributed by atoms with Crippen LogP contribution in [0, 0.1) is 0 Å². The number of halogens is 4. The van der Waals surface area contributed by atoms with Gasteiger partial charge in [0, 0.05) is 12.2 Å². The first-order valence-corrected chi connectivity index (χ1v) is 8.47. The van der Waals surface area contributed by atoms with Crippen molar-refractivity contribution in [1.29, 1.82) is 0 Å². The van der Waals surface area contributed by atoms with Gasteiger partial charge < -0.3 is 14.6 Å². The van der Waals surface area contributed by atoms with Crippen molar-refractivity contribution < 1.29 is 27.5 Å². The fourth-order valence-corrected chi connectivity index (χ4v) is 2.94. The highest BCUT2D eigenvalue weighted by molar-refractivity contribution is 6.30. The molecule has 0 bridgehead atoms. The normalized spacial score (nSPS) is 15.5. The van der Waals surface area contributed by atoms with Gasteiger partial charge in [0.2, 0.25) is 0 Å². The molecule has 1 aromatic heterocycles. The van der Waals surface area contributed by atoms with Gasteiger partial charge in [0.1, 0.15) is 11.6 Å². The number of alkyl halides is 3. The van der Waals surface area contributed by atoms with Crippen LogP contribution in [0.15, 0.2) is 17.1 Å². The van der Waals surface area contributed by atoms with Crippen molar-refractivity contribution >= 4 is 23.5 Å². The molecule has 0 aliphatic heterocycles. The van der Waals surface area contributed by atoms with Crippen LogP contribution in [0.5, 0.6) is 0 Å². The van der Waals surface area contributed by atoms with Gasteiger partial charge in [0.15, 0.2) is 6.61 Å². The maximum Gasteiger partial charge on any atom is 0.417 e. The van der Waals surface area contributed by atoms with Crippen molar-refractivity contribution in [3.05, 3.63) is 33.2 Å². The van der Waals surface area contributed by atoms with Gasteiger partial charge in [-0.3, -0.25) is 14.4 Å².